The Morgan fingerprint density at radius 1 is 1.32 bits per heavy atom. The van der Waals surface area contributed by atoms with Gasteiger partial charge in [0.2, 0.25) is 5.91 Å². The largest absolute Gasteiger partial charge is 0.481 e. The second-order valence-corrected chi connectivity index (χ2v) is 4.57. The van der Waals surface area contributed by atoms with E-state index in [-0.39, 0.29) is 18.9 Å². The number of carbonyl (C=O) groups is 2. The first-order valence-electron chi connectivity index (χ1n) is 6.44. The van der Waals surface area contributed by atoms with Crippen molar-refractivity contribution in [2.75, 3.05) is 6.54 Å². The molecule has 0 aliphatic carbocycles. The fraction of sp³-hybridized carbons (Fsp3) is 0.500. The molecule has 2 N–H and O–H groups in total. The number of nitrogens with zero attached hydrogens (tertiary/aromatic N) is 1. The quantitative estimate of drug-likeness (QED) is 0.784. The smallest absolute Gasteiger partial charge is 0.311 e. The van der Waals surface area contributed by atoms with Crippen LogP contribution < -0.4 is 5.32 Å². The highest BCUT2D eigenvalue weighted by Gasteiger charge is 2.35. The molecule has 0 aromatic carbocycles. The van der Waals surface area contributed by atoms with Gasteiger partial charge in [0.15, 0.2) is 0 Å². The molecule has 0 radical (unpaired) electrons. The number of hydrogen-bond donors (Lipinski definition) is 2. The van der Waals surface area contributed by atoms with Gasteiger partial charge >= 0.3 is 5.97 Å². The molecule has 1 amide bonds. The second-order valence-electron chi connectivity index (χ2n) is 4.57. The van der Waals surface area contributed by atoms with Crippen molar-refractivity contribution in [3.8, 4) is 0 Å². The summed E-state index contributed by atoms with van der Waals surface area (Å²) in [4.78, 5) is 27.1. The van der Waals surface area contributed by atoms with Crippen LogP contribution >= 0.6 is 0 Å². The van der Waals surface area contributed by atoms with E-state index in [4.69, 9.17) is 0 Å². The molecule has 0 atom stereocenters. The zero-order valence-electron chi connectivity index (χ0n) is 11.3. The summed E-state index contributed by atoms with van der Waals surface area (Å²) < 4.78 is 0. The van der Waals surface area contributed by atoms with Crippen LogP contribution in [-0.2, 0) is 16.0 Å². The Labute approximate surface area is 113 Å². The fourth-order valence-electron chi connectivity index (χ4n) is 1.88. The van der Waals surface area contributed by atoms with Gasteiger partial charge in [-0.1, -0.05) is 19.9 Å². The number of carboxylic acid groups (broad SMARTS) is 1. The molecular weight excluding hydrogens is 244 g/mol. The Morgan fingerprint density at radius 3 is 2.47 bits per heavy atom. The number of carbonyl (C=O) groups excluding carboxylic acids is 1. The van der Waals surface area contributed by atoms with Crippen LogP contribution in [0.2, 0.25) is 0 Å². The lowest BCUT2D eigenvalue weighted by Crippen LogP contribution is -2.42. The van der Waals surface area contributed by atoms with E-state index in [0.29, 0.717) is 18.5 Å². The Balaban J connectivity index is 2.56. The molecule has 104 valence electrons. The molecule has 5 heteroatoms. The predicted molar refractivity (Wildman–Crippen MR) is 71.6 cm³/mol. The number of hydrogen-bond acceptors (Lipinski definition) is 3. The van der Waals surface area contributed by atoms with Gasteiger partial charge in [-0.15, -0.1) is 0 Å². The molecule has 1 rings (SSSR count). The van der Waals surface area contributed by atoms with Crippen LogP contribution in [0.3, 0.4) is 0 Å². The van der Waals surface area contributed by atoms with Gasteiger partial charge in [0.05, 0.1) is 11.8 Å². The minimum atomic E-state index is -0.875. The first kappa shape index (κ1) is 15.1. The molecule has 0 unspecified atom stereocenters. The molecule has 0 spiro atoms. The van der Waals surface area contributed by atoms with Gasteiger partial charge in [-0.2, -0.15) is 0 Å². The number of amides is 1. The molecule has 0 bridgehead atoms. The topological polar surface area (TPSA) is 79.3 Å². The monoisotopic (exact) mass is 264 g/mol. The van der Waals surface area contributed by atoms with Crippen LogP contribution in [0.1, 0.15) is 32.4 Å². The zero-order chi connectivity index (χ0) is 14.3. The Morgan fingerprint density at radius 2 is 2.00 bits per heavy atom. The number of carboxylic acids is 1. The summed E-state index contributed by atoms with van der Waals surface area (Å²) in [7, 11) is 0. The third-order valence-electron chi connectivity index (χ3n) is 3.50. The van der Waals surface area contributed by atoms with Crippen molar-refractivity contribution in [3.63, 3.8) is 0 Å². The summed E-state index contributed by atoms with van der Waals surface area (Å²) in [6.45, 7) is 3.80. The van der Waals surface area contributed by atoms with Gasteiger partial charge in [0.1, 0.15) is 0 Å². The lowest BCUT2D eigenvalue weighted by molar-refractivity contribution is -0.149. The van der Waals surface area contributed by atoms with Gasteiger partial charge in [-0.3, -0.25) is 14.6 Å². The van der Waals surface area contributed by atoms with Gasteiger partial charge in [0, 0.05) is 18.4 Å². The van der Waals surface area contributed by atoms with Crippen molar-refractivity contribution in [3.05, 3.63) is 30.1 Å². The molecule has 5 nitrogen and oxygen atoms in total. The molecule has 1 aromatic heterocycles. The number of nitrogens with one attached hydrogen (secondary N) is 1. The number of aliphatic carboxylic acids is 1. The minimum absolute atomic E-state index is 0.154. The van der Waals surface area contributed by atoms with Crippen LogP contribution in [0.5, 0.6) is 0 Å². The summed E-state index contributed by atoms with van der Waals surface area (Å²) in [5.41, 5.74) is -0.200. The minimum Gasteiger partial charge on any atom is -0.481 e. The molecular formula is C14H20N2O3. The number of pyridine rings is 1. The van der Waals surface area contributed by atoms with E-state index in [1.54, 1.807) is 18.3 Å². The van der Waals surface area contributed by atoms with Gasteiger partial charge in [-0.25, -0.2) is 0 Å². The molecule has 0 saturated carbocycles. The lowest BCUT2D eigenvalue weighted by atomic mass is 9.82. The van der Waals surface area contributed by atoms with E-state index in [0.717, 1.165) is 0 Å². The van der Waals surface area contributed by atoms with Crippen molar-refractivity contribution >= 4 is 11.9 Å². The maximum absolute atomic E-state index is 11.8. The summed E-state index contributed by atoms with van der Waals surface area (Å²) in [5, 5.41) is 12.0. The molecule has 0 aliphatic heterocycles. The van der Waals surface area contributed by atoms with Crippen molar-refractivity contribution in [2.45, 2.75) is 33.1 Å². The fourth-order valence-corrected chi connectivity index (χ4v) is 1.88. The SMILES string of the molecule is CCC(CC)(CNC(=O)Cc1ccccn1)C(=O)O. The molecule has 0 aliphatic rings. The number of aromatic nitrogens is 1. The normalized spacial score (nSPS) is 11.1. The Hall–Kier alpha value is -1.91. The summed E-state index contributed by atoms with van der Waals surface area (Å²) in [6.07, 6.45) is 2.78. The maximum atomic E-state index is 11.8. The predicted octanol–water partition coefficient (Wildman–Crippen LogP) is 1.63. The van der Waals surface area contributed by atoms with Gasteiger partial charge in [-0.05, 0) is 25.0 Å². The van der Waals surface area contributed by atoms with Crippen LogP contribution in [0, 0.1) is 5.41 Å². The standard InChI is InChI=1S/C14H20N2O3/c1-3-14(4-2,13(18)19)10-16-12(17)9-11-7-5-6-8-15-11/h5-8H,3-4,9-10H2,1-2H3,(H,16,17)(H,18,19). The molecule has 0 fully saturated rings. The lowest BCUT2D eigenvalue weighted by Gasteiger charge is -2.26. The zero-order valence-corrected chi connectivity index (χ0v) is 11.3. The van der Waals surface area contributed by atoms with Crippen molar-refractivity contribution in [1.82, 2.24) is 10.3 Å². The highest BCUT2D eigenvalue weighted by Crippen LogP contribution is 2.25. The van der Waals surface area contributed by atoms with Crippen LogP contribution in [0.25, 0.3) is 0 Å². The van der Waals surface area contributed by atoms with Crippen molar-refractivity contribution in [2.24, 2.45) is 5.41 Å². The van der Waals surface area contributed by atoms with Crippen LogP contribution in [0.4, 0.5) is 0 Å². The summed E-state index contributed by atoms with van der Waals surface area (Å²) in [6, 6.07) is 5.37. The molecule has 1 aromatic rings. The van der Waals surface area contributed by atoms with E-state index in [1.807, 2.05) is 19.9 Å². The van der Waals surface area contributed by atoms with Gasteiger partial charge < -0.3 is 10.4 Å². The van der Waals surface area contributed by atoms with Crippen LogP contribution in [0.15, 0.2) is 24.4 Å². The molecule has 0 saturated heterocycles. The van der Waals surface area contributed by atoms with Gasteiger partial charge in [0.25, 0.3) is 0 Å². The third-order valence-corrected chi connectivity index (χ3v) is 3.50. The second kappa shape index (κ2) is 6.87. The Bertz CT molecular complexity index is 428. The average Bonchev–Trinajstić information content (AvgIpc) is 2.41. The van der Waals surface area contributed by atoms with Crippen LogP contribution in [-0.4, -0.2) is 28.5 Å². The number of rotatable bonds is 7. The van der Waals surface area contributed by atoms with E-state index in [9.17, 15) is 14.7 Å². The first-order chi connectivity index (χ1) is 9.04. The third kappa shape index (κ3) is 4.05. The van der Waals surface area contributed by atoms with E-state index in [2.05, 4.69) is 10.3 Å². The van der Waals surface area contributed by atoms with E-state index in [1.165, 1.54) is 0 Å². The maximum Gasteiger partial charge on any atom is 0.311 e. The van der Waals surface area contributed by atoms with Crippen molar-refractivity contribution < 1.29 is 14.7 Å². The van der Waals surface area contributed by atoms with E-state index < -0.39 is 11.4 Å². The van der Waals surface area contributed by atoms with Crippen molar-refractivity contribution in [1.29, 1.82) is 0 Å². The average molecular weight is 264 g/mol. The summed E-state index contributed by atoms with van der Waals surface area (Å²) >= 11 is 0. The molecule has 1 heterocycles. The Kier molecular flexibility index (Phi) is 5.48. The molecule has 19 heavy (non-hydrogen) atoms. The van der Waals surface area contributed by atoms with E-state index >= 15 is 0 Å². The first-order valence-corrected chi connectivity index (χ1v) is 6.44. The highest BCUT2D eigenvalue weighted by atomic mass is 16.4. The highest BCUT2D eigenvalue weighted by molar-refractivity contribution is 5.80. The summed E-state index contributed by atoms with van der Waals surface area (Å²) in [5.74, 6) is -1.07.